The number of aryl methyl sites for hydroxylation is 2. The monoisotopic (exact) mass is 612 g/mol. The van der Waals surface area contributed by atoms with Crippen LogP contribution in [0.2, 0.25) is 18.1 Å². The van der Waals surface area contributed by atoms with Gasteiger partial charge < -0.3 is 14.3 Å². The van der Waals surface area contributed by atoms with Crippen molar-refractivity contribution in [2.75, 3.05) is 7.11 Å². The molecule has 1 saturated carbocycles. The van der Waals surface area contributed by atoms with Crippen LogP contribution in [0, 0.1) is 24.7 Å². The average molecular weight is 614 g/mol. The lowest BCUT2D eigenvalue weighted by Crippen LogP contribution is -2.43. The fraction of sp³-hybridized carbons (Fsp3) is 0.700. The second-order valence-electron chi connectivity index (χ2n) is 12.2. The van der Waals surface area contributed by atoms with E-state index in [9.17, 15) is 9.90 Å². The SMILES string of the molecule is COC(=O)CCCC=CC[C@H]1C(O)CC(C)[C@@H]1C=C[C@H](CCc1cc(Br)c(C)s1)O[Si](C)(C)C(C)(C)C. The zero-order chi connectivity index (χ0) is 27.8. The van der Waals surface area contributed by atoms with Crippen molar-refractivity contribution < 1.29 is 19.1 Å². The highest BCUT2D eigenvalue weighted by atomic mass is 79.9. The van der Waals surface area contributed by atoms with Gasteiger partial charge >= 0.3 is 5.97 Å². The van der Waals surface area contributed by atoms with Crippen molar-refractivity contribution in [1.29, 1.82) is 0 Å². The van der Waals surface area contributed by atoms with Gasteiger partial charge in [-0.1, -0.05) is 52.0 Å². The molecule has 1 fully saturated rings. The zero-order valence-electron chi connectivity index (χ0n) is 24.2. The molecule has 0 aliphatic heterocycles. The van der Waals surface area contributed by atoms with Gasteiger partial charge in [-0.2, -0.15) is 0 Å². The van der Waals surface area contributed by atoms with E-state index in [0.717, 1.165) is 38.5 Å². The largest absolute Gasteiger partial charge is 0.469 e. The van der Waals surface area contributed by atoms with E-state index in [1.807, 2.05) is 11.3 Å². The molecule has 210 valence electrons. The number of carbonyl (C=O) groups is 1. The molecule has 1 heterocycles. The fourth-order valence-corrected chi connectivity index (χ4v) is 7.73. The van der Waals surface area contributed by atoms with E-state index in [1.165, 1.54) is 21.3 Å². The molecule has 0 radical (unpaired) electrons. The summed E-state index contributed by atoms with van der Waals surface area (Å²) < 4.78 is 12.8. The average Bonchev–Trinajstić information content (AvgIpc) is 3.27. The van der Waals surface area contributed by atoms with Crippen molar-refractivity contribution in [3.8, 4) is 0 Å². The molecule has 0 bridgehead atoms. The fourth-order valence-electron chi connectivity index (χ4n) is 4.80. The first-order chi connectivity index (χ1) is 17.2. The zero-order valence-corrected chi connectivity index (χ0v) is 27.6. The maximum absolute atomic E-state index is 11.3. The maximum Gasteiger partial charge on any atom is 0.305 e. The number of thiophene rings is 1. The van der Waals surface area contributed by atoms with Crippen LogP contribution < -0.4 is 0 Å². The maximum atomic E-state index is 11.3. The Morgan fingerprint density at radius 1 is 1.32 bits per heavy atom. The predicted octanol–water partition coefficient (Wildman–Crippen LogP) is 8.62. The highest BCUT2D eigenvalue weighted by Crippen LogP contribution is 2.41. The molecule has 1 N–H and O–H groups in total. The summed E-state index contributed by atoms with van der Waals surface area (Å²) in [5.74, 6) is 0.828. The van der Waals surface area contributed by atoms with Gasteiger partial charge in [-0.25, -0.2) is 0 Å². The number of halogens is 1. The normalized spacial score (nSPS) is 23.8. The topological polar surface area (TPSA) is 55.8 Å². The van der Waals surface area contributed by atoms with Crippen LogP contribution in [0.3, 0.4) is 0 Å². The second-order valence-corrected chi connectivity index (χ2v) is 19.1. The molecule has 2 unspecified atom stereocenters. The standard InChI is InChI=1S/C30H49BrO4SSi/c1-21-19-28(32)26(13-11-9-10-12-14-29(33)34-6)25(21)18-16-23(35-37(7,8)30(3,4)5)15-17-24-20-27(31)22(2)36-24/h9,11,16,18,20-21,23,25-26,28,32H,10,12-15,17,19H2,1-8H3/t21?,23-,25-,26+,28?/m0/s1. The molecule has 7 heteroatoms. The number of allylic oxidation sites excluding steroid dienone is 3. The first kappa shape index (κ1) is 32.5. The Bertz CT molecular complexity index is 898. The molecule has 1 aliphatic rings. The summed E-state index contributed by atoms with van der Waals surface area (Å²) in [6.07, 6.45) is 14.5. The molecular formula is C30H49BrO4SSi. The van der Waals surface area contributed by atoms with Gasteiger partial charge in [-0.3, -0.25) is 4.79 Å². The molecule has 0 spiro atoms. The molecule has 0 aromatic carbocycles. The first-order valence-electron chi connectivity index (χ1n) is 13.8. The van der Waals surface area contributed by atoms with Crippen LogP contribution in [-0.4, -0.2) is 38.7 Å². The lowest BCUT2D eigenvalue weighted by molar-refractivity contribution is -0.140. The second kappa shape index (κ2) is 14.6. The molecule has 0 amide bonds. The Morgan fingerprint density at radius 3 is 2.62 bits per heavy atom. The van der Waals surface area contributed by atoms with E-state index in [-0.39, 0.29) is 29.1 Å². The minimum Gasteiger partial charge on any atom is -0.469 e. The van der Waals surface area contributed by atoms with Crippen LogP contribution in [-0.2, 0) is 20.4 Å². The summed E-state index contributed by atoms with van der Waals surface area (Å²) in [6.45, 7) is 16.0. The van der Waals surface area contributed by atoms with Crippen molar-refractivity contribution in [3.05, 3.63) is 44.6 Å². The van der Waals surface area contributed by atoms with Crippen molar-refractivity contribution in [1.82, 2.24) is 0 Å². The Labute approximate surface area is 239 Å². The number of unbranched alkanes of at least 4 members (excludes halogenated alkanes) is 1. The molecule has 2 rings (SSSR count). The minimum absolute atomic E-state index is 0.0709. The third-order valence-electron chi connectivity index (χ3n) is 8.20. The van der Waals surface area contributed by atoms with E-state index in [1.54, 1.807) is 0 Å². The summed E-state index contributed by atoms with van der Waals surface area (Å²) in [5.41, 5.74) is 0. The van der Waals surface area contributed by atoms with Gasteiger partial charge in [0.25, 0.3) is 0 Å². The molecule has 1 aromatic rings. The lowest BCUT2D eigenvalue weighted by Gasteiger charge is -2.39. The van der Waals surface area contributed by atoms with Gasteiger partial charge in [0.15, 0.2) is 8.32 Å². The molecule has 0 saturated heterocycles. The molecule has 1 aliphatic carbocycles. The van der Waals surface area contributed by atoms with Crippen LogP contribution in [0.25, 0.3) is 0 Å². The van der Waals surface area contributed by atoms with Crippen LogP contribution in [0.4, 0.5) is 0 Å². The molecule has 4 nitrogen and oxygen atoms in total. The van der Waals surface area contributed by atoms with Gasteiger partial charge in [-0.05, 0) is 103 Å². The van der Waals surface area contributed by atoms with E-state index in [2.05, 4.69) is 94.0 Å². The van der Waals surface area contributed by atoms with Gasteiger partial charge in [0.1, 0.15) is 0 Å². The number of rotatable bonds is 13. The third kappa shape index (κ3) is 10.1. The van der Waals surface area contributed by atoms with Gasteiger partial charge in [0.2, 0.25) is 0 Å². The summed E-state index contributed by atoms with van der Waals surface area (Å²) in [5, 5.41) is 11.0. The van der Waals surface area contributed by atoms with Crippen LogP contribution >= 0.6 is 27.3 Å². The number of esters is 1. The molecule has 5 atom stereocenters. The lowest BCUT2D eigenvalue weighted by atomic mass is 9.86. The Kier molecular flexibility index (Phi) is 12.8. The van der Waals surface area contributed by atoms with Crippen LogP contribution in [0.5, 0.6) is 0 Å². The number of aliphatic hydroxyl groups excluding tert-OH is 1. The van der Waals surface area contributed by atoms with E-state index >= 15 is 0 Å². The number of methoxy groups -OCH3 is 1. The first-order valence-corrected chi connectivity index (χ1v) is 18.3. The number of carbonyl (C=O) groups excluding carboxylic acids is 1. The number of hydrogen-bond donors (Lipinski definition) is 1. The molecule has 1 aromatic heterocycles. The van der Waals surface area contributed by atoms with Crippen molar-refractivity contribution in [2.45, 2.75) is 110 Å². The smallest absolute Gasteiger partial charge is 0.305 e. The van der Waals surface area contributed by atoms with Crippen molar-refractivity contribution >= 4 is 41.6 Å². The van der Waals surface area contributed by atoms with Gasteiger partial charge in [0.05, 0.1) is 19.3 Å². The Morgan fingerprint density at radius 2 is 2.03 bits per heavy atom. The summed E-state index contributed by atoms with van der Waals surface area (Å²) in [6, 6.07) is 2.25. The number of hydrogen-bond acceptors (Lipinski definition) is 5. The summed E-state index contributed by atoms with van der Waals surface area (Å²) in [4.78, 5) is 14.0. The van der Waals surface area contributed by atoms with E-state index in [0.29, 0.717) is 18.3 Å². The van der Waals surface area contributed by atoms with Gasteiger partial charge in [-0.15, -0.1) is 11.3 Å². The molecular weight excluding hydrogens is 564 g/mol. The van der Waals surface area contributed by atoms with Crippen LogP contribution in [0.15, 0.2) is 34.8 Å². The van der Waals surface area contributed by atoms with E-state index in [4.69, 9.17) is 9.16 Å². The van der Waals surface area contributed by atoms with Gasteiger partial charge in [0, 0.05) is 20.6 Å². The third-order valence-corrected chi connectivity index (χ3v) is 14.9. The quantitative estimate of drug-likeness (QED) is 0.105. The van der Waals surface area contributed by atoms with Crippen molar-refractivity contribution in [3.63, 3.8) is 0 Å². The highest BCUT2D eigenvalue weighted by Gasteiger charge is 2.40. The van der Waals surface area contributed by atoms with Crippen molar-refractivity contribution in [2.24, 2.45) is 17.8 Å². The summed E-state index contributed by atoms with van der Waals surface area (Å²) >= 11 is 5.52. The van der Waals surface area contributed by atoms with E-state index < -0.39 is 8.32 Å². The predicted molar refractivity (Wildman–Crippen MR) is 163 cm³/mol. The van der Waals surface area contributed by atoms with Crippen LogP contribution in [0.1, 0.15) is 76.0 Å². The number of aliphatic hydroxyl groups is 1. The Balaban J connectivity index is 2.09. The summed E-state index contributed by atoms with van der Waals surface area (Å²) in [7, 11) is -0.502. The Hall–Kier alpha value is -0.733. The highest BCUT2D eigenvalue weighted by molar-refractivity contribution is 9.10. The minimum atomic E-state index is -1.93. The number of ether oxygens (including phenoxy) is 1. The molecule has 37 heavy (non-hydrogen) atoms.